The van der Waals surface area contributed by atoms with Crippen molar-refractivity contribution >= 4 is 29.0 Å². The van der Waals surface area contributed by atoms with Crippen molar-refractivity contribution in [1.29, 1.82) is 0 Å². The van der Waals surface area contributed by atoms with Crippen LogP contribution in [0.3, 0.4) is 0 Å². The molecule has 1 saturated heterocycles. The van der Waals surface area contributed by atoms with E-state index in [1.54, 1.807) is 0 Å². The molecular weight excluding hydrogens is 348 g/mol. The summed E-state index contributed by atoms with van der Waals surface area (Å²) >= 11 is 7.65. The van der Waals surface area contributed by atoms with Gasteiger partial charge in [-0.05, 0) is 29.9 Å². The summed E-state index contributed by atoms with van der Waals surface area (Å²) in [6.07, 6.45) is 4.15. The number of thiophene rings is 1. The molecule has 1 amide bonds. The van der Waals surface area contributed by atoms with Gasteiger partial charge in [-0.25, -0.2) is 4.79 Å². The van der Waals surface area contributed by atoms with E-state index < -0.39 is 11.7 Å². The van der Waals surface area contributed by atoms with Crippen molar-refractivity contribution in [3.63, 3.8) is 0 Å². The van der Waals surface area contributed by atoms with Crippen LogP contribution >= 0.6 is 22.9 Å². The summed E-state index contributed by atoms with van der Waals surface area (Å²) in [5.41, 5.74) is 0.446. The van der Waals surface area contributed by atoms with Gasteiger partial charge in [0.2, 0.25) is 0 Å². The summed E-state index contributed by atoms with van der Waals surface area (Å²) in [4.78, 5) is 14.8. The molecule has 1 aliphatic carbocycles. The summed E-state index contributed by atoms with van der Waals surface area (Å²) < 4.78 is 0.755. The molecule has 0 spiro atoms. The highest BCUT2D eigenvalue weighted by Gasteiger charge is 2.40. The maximum absolute atomic E-state index is 11.3. The van der Waals surface area contributed by atoms with Crippen molar-refractivity contribution in [3.8, 4) is 0 Å². The van der Waals surface area contributed by atoms with Crippen molar-refractivity contribution in [1.82, 2.24) is 9.80 Å². The molecule has 134 valence electrons. The van der Waals surface area contributed by atoms with Gasteiger partial charge in [-0.2, -0.15) is 0 Å². The van der Waals surface area contributed by atoms with Gasteiger partial charge in [0.1, 0.15) is 0 Å². The highest BCUT2D eigenvalue weighted by atomic mass is 35.5. The molecule has 2 fully saturated rings. The first-order valence-corrected chi connectivity index (χ1v) is 9.90. The fraction of sp³-hybridized carbons (Fsp3) is 0.706. The van der Waals surface area contributed by atoms with Crippen LogP contribution in [-0.2, 0) is 0 Å². The fourth-order valence-corrected chi connectivity index (χ4v) is 4.93. The molecular formula is C17H25ClN2O3S. The number of rotatable bonds is 4. The number of carbonyl (C=O) groups is 1. The zero-order valence-corrected chi connectivity index (χ0v) is 15.4. The molecule has 2 aliphatic rings. The van der Waals surface area contributed by atoms with E-state index in [4.69, 9.17) is 16.7 Å². The van der Waals surface area contributed by atoms with Gasteiger partial charge in [-0.1, -0.05) is 30.9 Å². The van der Waals surface area contributed by atoms with Crippen LogP contribution in [0, 0.1) is 0 Å². The van der Waals surface area contributed by atoms with Crippen LogP contribution in [0.15, 0.2) is 11.4 Å². The van der Waals surface area contributed by atoms with Gasteiger partial charge in [0.25, 0.3) is 0 Å². The van der Waals surface area contributed by atoms with E-state index in [9.17, 15) is 9.90 Å². The summed E-state index contributed by atoms with van der Waals surface area (Å²) in [5.74, 6) is 0.0397. The average Bonchev–Trinajstić information content (AvgIpc) is 2.99. The van der Waals surface area contributed by atoms with Crippen molar-refractivity contribution in [3.05, 3.63) is 21.3 Å². The first-order chi connectivity index (χ1) is 11.5. The first kappa shape index (κ1) is 18.0. The van der Waals surface area contributed by atoms with Crippen LogP contribution in [0.4, 0.5) is 4.79 Å². The summed E-state index contributed by atoms with van der Waals surface area (Å²) in [6, 6.07) is 1.98. The van der Waals surface area contributed by atoms with Gasteiger partial charge in [-0.3, -0.25) is 4.90 Å². The molecule has 1 atom stereocenters. The van der Waals surface area contributed by atoms with Gasteiger partial charge in [0.15, 0.2) is 0 Å². The first-order valence-electron chi connectivity index (χ1n) is 8.64. The standard InChI is InChI=1S/C17H25ClN2O3S/c18-15-10-13(12-24-15)14(17(23)4-2-1-3-5-17)11-19-6-8-20(9-7-19)16(21)22/h10,12,14,23H,1-9,11H2,(H,21,22)/t14-/m0/s1. The van der Waals surface area contributed by atoms with E-state index in [-0.39, 0.29) is 5.92 Å². The Kier molecular flexibility index (Phi) is 5.70. The van der Waals surface area contributed by atoms with E-state index in [1.807, 2.05) is 6.07 Å². The third-order valence-corrected chi connectivity index (χ3v) is 6.55. The Morgan fingerprint density at radius 1 is 1.25 bits per heavy atom. The Bertz CT molecular complexity index is 566. The molecule has 3 rings (SSSR count). The van der Waals surface area contributed by atoms with Crippen molar-refractivity contribution in [2.45, 2.75) is 43.6 Å². The number of piperazine rings is 1. The zero-order valence-electron chi connectivity index (χ0n) is 13.8. The quantitative estimate of drug-likeness (QED) is 0.849. The lowest BCUT2D eigenvalue weighted by Crippen LogP contribution is -2.51. The zero-order chi connectivity index (χ0) is 17.2. The number of halogens is 1. The highest BCUT2D eigenvalue weighted by molar-refractivity contribution is 7.14. The van der Waals surface area contributed by atoms with E-state index in [0.29, 0.717) is 13.1 Å². The molecule has 0 unspecified atom stereocenters. The van der Waals surface area contributed by atoms with E-state index in [0.717, 1.165) is 55.2 Å². The van der Waals surface area contributed by atoms with Crippen LogP contribution in [0.5, 0.6) is 0 Å². The summed E-state index contributed by atoms with van der Waals surface area (Å²) in [7, 11) is 0. The smallest absolute Gasteiger partial charge is 0.407 e. The molecule has 1 aliphatic heterocycles. The lowest BCUT2D eigenvalue weighted by atomic mass is 9.73. The number of hydrogen-bond donors (Lipinski definition) is 2. The molecule has 1 aromatic rings. The lowest BCUT2D eigenvalue weighted by molar-refractivity contribution is -0.0337. The number of nitrogens with zero attached hydrogens (tertiary/aromatic N) is 2. The maximum atomic E-state index is 11.3. The monoisotopic (exact) mass is 372 g/mol. The third kappa shape index (κ3) is 4.04. The van der Waals surface area contributed by atoms with Gasteiger partial charge in [0.05, 0.1) is 9.94 Å². The minimum Gasteiger partial charge on any atom is -0.465 e. The predicted molar refractivity (Wildman–Crippen MR) is 96.1 cm³/mol. The average molecular weight is 373 g/mol. The third-order valence-electron chi connectivity index (χ3n) is 5.44. The second kappa shape index (κ2) is 7.60. The minimum atomic E-state index is -0.846. The molecule has 1 aromatic heterocycles. The number of hydrogen-bond acceptors (Lipinski definition) is 4. The maximum Gasteiger partial charge on any atom is 0.407 e. The highest BCUT2D eigenvalue weighted by Crippen LogP contribution is 2.42. The Balaban J connectivity index is 1.72. The predicted octanol–water partition coefficient (Wildman–Crippen LogP) is 3.48. The second-order valence-electron chi connectivity index (χ2n) is 6.97. The Labute approximate surface area is 151 Å². The number of amides is 1. The normalized spacial score (nSPS) is 23.2. The SMILES string of the molecule is O=C(O)N1CCN(C[C@@H](c2csc(Cl)c2)C2(O)CCCCC2)CC1. The van der Waals surface area contributed by atoms with Gasteiger partial charge in [-0.15, -0.1) is 11.3 Å². The molecule has 5 nitrogen and oxygen atoms in total. The number of aliphatic hydroxyl groups is 1. The van der Waals surface area contributed by atoms with Crippen molar-refractivity contribution < 1.29 is 15.0 Å². The molecule has 2 N–H and O–H groups in total. The van der Waals surface area contributed by atoms with Crippen LogP contribution in [-0.4, -0.2) is 64.4 Å². The summed E-state index contributed by atoms with van der Waals surface area (Å²) in [6.45, 7) is 3.26. The molecule has 7 heteroatoms. The summed E-state index contributed by atoms with van der Waals surface area (Å²) in [5, 5.41) is 22.4. The molecule has 24 heavy (non-hydrogen) atoms. The van der Waals surface area contributed by atoms with E-state index >= 15 is 0 Å². The van der Waals surface area contributed by atoms with Crippen LogP contribution in [0.25, 0.3) is 0 Å². The number of carboxylic acid groups (broad SMARTS) is 1. The molecule has 2 heterocycles. The van der Waals surface area contributed by atoms with Gasteiger partial charge < -0.3 is 15.1 Å². The Morgan fingerprint density at radius 2 is 1.92 bits per heavy atom. The van der Waals surface area contributed by atoms with Gasteiger partial charge >= 0.3 is 6.09 Å². The fourth-order valence-electron chi connectivity index (χ4n) is 3.98. The van der Waals surface area contributed by atoms with E-state index in [2.05, 4.69) is 10.3 Å². The molecule has 0 aromatic carbocycles. The largest absolute Gasteiger partial charge is 0.465 e. The topological polar surface area (TPSA) is 64.0 Å². The minimum absolute atomic E-state index is 0.0397. The molecule has 1 saturated carbocycles. The van der Waals surface area contributed by atoms with Crippen molar-refractivity contribution in [2.75, 3.05) is 32.7 Å². The Hall–Kier alpha value is -0.820. The van der Waals surface area contributed by atoms with E-state index in [1.165, 1.54) is 22.7 Å². The van der Waals surface area contributed by atoms with Crippen LogP contribution in [0.2, 0.25) is 4.34 Å². The lowest BCUT2D eigenvalue weighted by Gasteiger charge is -2.43. The van der Waals surface area contributed by atoms with Crippen LogP contribution in [0.1, 0.15) is 43.6 Å². The van der Waals surface area contributed by atoms with Crippen molar-refractivity contribution in [2.24, 2.45) is 0 Å². The molecule has 0 radical (unpaired) electrons. The molecule has 0 bridgehead atoms. The van der Waals surface area contributed by atoms with Gasteiger partial charge in [0, 0.05) is 38.6 Å². The second-order valence-corrected chi connectivity index (χ2v) is 8.51. The van der Waals surface area contributed by atoms with Crippen LogP contribution < -0.4 is 0 Å². The Morgan fingerprint density at radius 3 is 2.46 bits per heavy atom.